The van der Waals surface area contributed by atoms with E-state index < -0.39 is 0 Å². The maximum absolute atomic E-state index is 2.69. The van der Waals surface area contributed by atoms with E-state index in [1.165, 1.54) is 164 Å². The second-order valence-corrected chi connectivity index (χ2v) is 16.8. The Bertz CT molecular complexity index is 1170. The molecule has 7 heteroatoms. The van der Waals surface area contributed by atoms with Crippen molar-refractivity contribution in [3.05, 3.63) is 59.7 Å². The third-order valence-corrected chi connectivity index (χ3v) is 13.0. The Labute approximate surface area is 304 Å². The molecule has 0 N–H and O–H groups in total. The van der Waals surface area contributed by atoms with Gasteiger partial charge in [0.15, 0.2) is 0 Å². The molecule has 6 nitrogen and oxygen atoms in total. The molecule has 5 heterocycles. The van der Waals surface area contributed by atoms with E-state index in [1.807, 2.05) is 0 Å². The molecule has 0 aliphatic carbocycles. The van der Waals surface area contributed by atoms with E-state index in [9.17, 15) is 0 Å². The molecule has 272 valence electrons. The largest absolute Gasteiger partial charge is 0.372 e. The van der Waals surface area contributed by atoms with Gasteiger partial charge in [0.2, 0.25) is 0 Å². The van der Waals surface area contributed by atoms with Gasteiger partial charge in [-0.3, -0.25) is 9.80 Å². The lowest BCUT2D eigenvalue weighted by Gasteiger charge is -2.35. The summed E-state index contributed by atoms with van der Waals surface area (Å²) in [6, 6.07) is 18.7. The number of anilines is 2. The molecule has 5 aliphatic heterocycles. The van der Waals surface area contributed by atoms with Gasteiger partial charge in [-0.2, -0.15) is 11.8 Å². The van der Waals surface area contributed by atoms with Crippen LogP contribution in [0.3, 0.4) is 0 Å². The quantitative estimate of drug-likeness (QED) is 0.229. The van der Waals surface area contributed by atoms with Gasteiger partial charge >= 0.3 is 0 Å². The first-order valence-corrected chi connectivity index (χ1v) is 21.5. The first-order valence-electron chi connectivity index (χ1n) is 20.3. The first kappa shape index (κ1) is 37.0. The van der Waals surface area contributed by atoms with Crippen LogP contribution >= 0.6 is 11.8 Å². The minimum Gasteiger partial charge on any atom is -0.372 e. The van der Waals surface area contributed by atoms with Gasteiger partial charge in [-0.25, -0.2) is 0 Å². The summed E-state index contributed by atoms with van der Waals surface area (Å²) in [7, 11) is 0. The van der Waals surface area contributed by atoms with Crippen molar-refractivity contribution in [3.63, 3.8) is 0 Å². The molecule has 0 radical (unpaired) electrons. The highest BCUT2D eigenvalue weighted by atomic mass is 32.2. The van der Waals surface area contributed by atoms with Crippen LogP contribution in [0.1, 0.15) is 76.3 Å². The van der Waals surface area contributed by atoms with Crippen molar-refractivity contribution in [2.75, 3.05) is 113 Å². The molecule has 0 amide bonds. The molecular formula is C42H68N6S. The number of rotatable bonds is 12. The lowest BCUT2D eigenvalue weighted by molar-refractivity contribution is 0.249. The maximum Gasteiger partial charge on any atom is 0.0366 e. The number of thioether (sulfide) groups is 1. The molecule has 5 fully saturated rings. The summed E-state index contributed by atoms with van der Waals surface area (Å²) < 4.78 is 0. The van der Waals surface area contributed by atoms with Gasteiger partial charge < -0.3 is 19.6 Å². The van der Waals surface area contributed by atoms with Crippen LogP contribution in [0.5, 0.6) is 0 Å². The summed E-state index contributed by atoms with van der Waals surface area (Å²) in [6.45, 7) is 24.4. The van der Waals surface area contributed by atoms with Crippen LogP contribution in [-0.2, 0) is 13.1 Å². The molecule has 7 rings (SSSR count). The number of hydrogen-bond donors (Lipinski definition) is 0. The second-order valence-electron chi connectivity index (χ2n) is 15.6. The number of nitrogens with zero attached hydrogens (tertiary/aromatic N) is 6. The van der Waals surface area contributed by atoms with E-state index in [0.29, 0.717) is 0 Å². The Morgan fingerprint density at radius 1 is 0.531 bits per heavy atom. The van der Waals surface area contributed by atoms with E-state index in [1.54, 1.807) is 0 Å². The van der Waals surface area contributed by atoms with Crippen LogP contribution in [0.4, 0.5) is 11.4 Å². The van der Waals surface area contributed by atoms with Gasteiger partial charge in [0.1, 0.15) is 0 Å². The molecule has 0 unspecified atom stereocenters. The van der Waals surface area contributed by atoms with Gasteiger partial charge in [-0.15, -0.1) is 0 Å². The van der Waals surface area contributed by atoms with Crippen LogP contribution in [-0.4, -0.2) is 123 Å². The molecule has 2 aromatic rings. The van der Waals surface area contributed by atoms with Crippen LogP contribution in [0.25, 0.3) is 0 Å². The molecule has 0 aromatic heterocycles. The molecule has 0 atom stereocenters. The molecule has 0 saturated carbocycles. The lowest BCUT2D eigenvalue weighted by atomic mass is 9.95. The van der Waals surface area contributed by atoms with Crippen LogP contribution < -0.4 is 9.80 Å². The van der Waals surface area contributed by atoms with Crippen molar-refractivity contribution < 1.29 is 0 Å². The van der Waals surface area contributed by atoms with Gasteiger partial charge in [0.25, 0.3) is 0 Å². The van der Waals surface area contributed by atoms with Gasteiger partial charge in [0.05, 0.1) is 0 Å². The van der Waals surface area contributed by atoms with E-state index in [0.717, 1.165) is 38.0 Å². The van der Waals surface area contributed by atoms with Crippen LogP contribution in [0, 0.1) is 11.8 Å². The maximum atomic E-state index is 2.69. The molecule has 5 aliphatic rings. The molecule has 0 bridgehead atoms. The van der Waals surface area contributed by atoms with Crippen molar-refractivity contribution in [1.29, 1.82) is 0 Å². The van der Waals surface area contributed by atoms with Crippen LogP contribution in [0.2, 0.25) is 0 Å². The normalized spacial score (nSPS) is 22.2. The Kier molecular flexibility index (Phi) is 14.9. The van der Waals surface area contributed by atoms with E-state index in [-0.39, 0.29) is 0 Å². The van der Waals surface area contributed by atoms with Crippen molar-refractivity contribution in [2.24, 2.45) is 11.8 Å². The lowest BCUT2D eigenvalue weighted by Crippen LogP contribution is -2.38. The predicted octanol–water partition coefficient (Wildman–Crippen LogP) is 7.39. The summed E-state index contributed by atoms with van der Waals surface area (Å²) in [5, 5.41) is 0. The molecule has 2 aromatic carbocycles. The van der Waals surface area contributed by atoms with Gasteiger partial charge in [-0.1, -0.05) is 38.1 Å². The van der Waals surface area contributed by atoms with E-state index >= 15 is 0 Å². The second kappa shape index (κ2) is 19.7. The first-order chi connectivity index (χ1) is 24.1. The summed E-state index contributed by atoms with van der Waals surface area (Å²) >= 11 is 2.09. The molecule has 0 spiro atoms. The monoisotopic (exact) mass is 689 g/mol. The average Bonchev–Trinajstić information content (AvgIpc) is 3.88. The van der Waals surface area contributed by atoms with Crippen molar-refractivity contribution in [3.8, 4) is 0 Å². The Hall–Kier alpha value is -1.77. The SMILES string of the molecule is CCN(CC)Cc1ccc(N2CCC(CN3CCCC3)CC2)cc1.c1cc(N2CCC(CN3CCCC3)CC2)ccc1CN1CCSCC1. The zero-order chi connectivity index (χ0) is 33.7. The highest BCUT2D eigenvalue weighted by molar-refractivity contribution is 7.99. The number of likely N-dealkylation sites (tertiary alicyclic amines) is 2. The van der Waals surface area contributed by atoms with Gasteiger partial charge in [0, 0.05) is 88.3 Å². The smallest absolute Gasteiger partial charge is 0.0366 e. The number of benzene rings is 2. The fraction of sp³-hybridized carbons (Fsp3) is 0.714. The fourth-order valence-corrected chi connectivity index (χ4v) is 9.73. The fourth-order valence-electron chi connectivity index (χ4n) is 8.76. The van der Waals surface area contributed by atoms with Crippen molar-refractivity contribution >= 4 is 23.1 Å². The Morgan fingerprint density at radius 2 is 0.959 bits per heavy atom. The number of hydrogen-bond acceptors (Lipinski definition) is 7. The zero-order valence-corrected chi connectivity index (χ0v) is 32.1. The highest BCUT2D eigenvalue weighted by Gasteiger charge is 2.24. The molecular weight excluding hydrogens is 621 g/mol. The Balaban J connectivity index is 0.000000170. The standard InChI is InChI=1S/C21H33N3S.C21H35N3/c1-2-10-22(9-1)18-20-7-11-24(12-8-20)21-5-3-19(4-6-21)17-23-13-15-25-16-14-23;1-3-22(4-2)17-19-7-9-21(10-8-19)24-15-11-20(12-16-24)18-23-13-5-6-14-23/h3-6,20H,1-2,7-18H2;7-10,20H,3-6,11-18H2,1-2H3. The molecule has 49 heavy (non-hydrogen) atoms. The topological polar surface area (TPSA) is 19.4 Å². The third kappa shape index (κ3) is 11.6. The molecule has 5 saturated heterocycles. The average molecular weight is 689 g/mol. The van der Waals surface area contributed by atoms with Crippen LogP contribution in [0.15, 0.2) is 48.5 Å². The van der Waals surface area contributed by atoms with Crippen molar-refractivity contribution in [1.82, 2.24) is 19.6 Å². The highest BCUT2D eigenvalue weighted by Crippen LogP contribution is 2.27. The summed E-state index contributed by atoms with van der Waals surface area (Å²) in [5.41, 5.74) is 5.75. The van der Waals surface area contributed by atoms with Crippen molar-refractivity contribution in [2.45, 2.75) is 78.3 Å². The minimum atomic E-state index is 0.918. The minimum absolute atomic E-state index is 0.918. The summed E-state index contributed by atoms with van der Waals surface area (Å²) in [4.78, 5) is 15.6. The van der Waals surface area contributed by atoms with Gasteiger partial charge in [-0.05, 0) is 138 Å². The number of piperidine rings is 2. The summed E-state index contributed by atoms with van der Waals surface area (Å²) in [6.07, 6.45) is 11.1. The third-order valence-electron chi connectivity index (χ3n) is 12.1. The van der Waals surface area contributed by atoms with E-state index in [2.05, 4.69) is 104 Å². The van der Waals surface area contributed by atoms with E-state index in [4.69, 9.17) is 0 Å². The summed E-state index contributed by atoms with van der Waals surface area (Å²) in [5.74, 6) is 4.43. The Morgan fingerprint density at radius 3 is 1.39 bits per heavy atom. The zero-order valence-electron chi connectivity index (χ0n) is 31.2. The predicted molar refractivity (Wildman–Crippen MR) is 213 cm³/mol.